The van der Waals surface area contributed by atoms with Crippen molar-refractivity contribution >= 4 is 38.2 Å². The van der Waals surface area contributed by atoms with E-state index in [1.165, 1.54) is 13.4 Å². The lowest BCUT2D eigenvalue weighted by Gasteiger charge is -2.33. The van der Waals surface area contributed by atoms with Crippen molar-refractivity contribution in [1.82, 2.24) is 19.7 Å². The maximum atomic E-state index is 12.3. The topological polar surface area (TPSA) is 103 Å². The fourth-order valence-corrected chi connectivity index (χ4v) is 4.28. The van der Waals surface area contributed by atoms with E-state index in [-0.39, 0.29) is 4.90 Å². The van der Waals surface area contributed by atoms with Crippen molar-refractivity contribution in [1.29, 1.82) is 0 Å². The summed E-state index contributed by atoms with van der Waals surface area (Å²) in [6, 6.07) is 7.09. The van der Waals surface area contributed by atoms with Gasteiger partial charge in [-0.2, -0.15) is 0 Å². The van der Waals surface area contributed by atoms with Gasteiger partial charge in [0.2, 0.25) is 10.0 Å². The summed E-state index contributed by atoms with van der Waals surface area (Å²) in [6.45, 7) is 4.15. The summed E-state index contributed by atoms with van der Waals surface area (Å²) in [6.07, 6.45) is 5.52. The fourth-order valence-electron chi connectivity index (χ4n) is 3.53. The van der Waals surface area contributed by atoms with E-state index in [2.05, 4.69) is 36.8 Å². The van der Waals surface area contributed by atoms with Gasteiger partial charge in [-0.3, -0.25) is 0 Å². The second-order valence-electron chi connectivity index (χ2n) is 7.14. The van der Waals surface area contributed by atoms with Crippen LogP contribution in [0.15, 0.2) is 41.7 Å². The molecule has 4 rings (SSSR count). The van der Waals surface area contributed by atoms with E-state index in [4.69, 9.17) is 0 Å². The van der Waals surface area contributed by atoms with E-state index in [9.17, 15) is 8.42 Å². The molecule has 3 aromatic rings. The third-order valence-electron chi connectivity index (χ3n) is 5.28. The van der Waals surface area contributed by atoms with Crippen LogP contribution in [0, 0.1) is 5.92 Å². The molecule has 0 atom stereocenters. The Bertz CT molecular complexity index is 1090. The van der Waals surface area contributed by atoms with Crippen LogP contribution in [0.25, 0.3) is 11.0 Å². The van der Waals surface area contributed by atoms with Crippen molar-refractivity contribution in [3.05, 3.63) is 36.8 Å². The summed E-state index contributed by atoms with van der Waals surface area (Å²) in [7, 11) is -2.14. The molecule has 2 aromatic heterocycles. The number of benzene rings is 1. The summed E-state index contributed by atoms with van der Waals surface area (Å²) in [5, 5.41) is 4.19. The molecular weight excluding hydrogens is 376 g/mol. The van der Waals surface area contributed by atoms with E-state index in [1.54, 1.807) is 18.3 Å². The Labute approximate surface area is 164 Å². The zero-order valence-electron chi connectivity index (χ0n) is 15.9. The third kappa shape index (κ3) is 3.55. The molecule has 0 radical (unpaired) electrons. The number of nitrogens with one attached hydrogen (secondary N) is 3. The molecule has 0 aliphatic carbocycles. The van der Waals surface area contributed by atoms with Crippen LogP contribution in [0.3, 0.4) is 0 Å². The molecule has 28 heavy (non-hydrogen) atoms. The number of nitrogens with zero attached hydrogens (tertiary/aromatic N) is 3. The van der Waals surface area contributed by atoms with Crippen LogP contribution in [0.1, 0.15) is 19.8 Å². The Morgan fingerprint density at radius 3 is 2.71 bits per heavy atom. The first-order chi connectivity index (χ1) is 13.5. The smallest absolute Gasteiger partial charge is 0.240 e. The number of H-pyrrole nitrogens is 1. The van der Waals surface area contributed by atoms with Crippen molar-refractivity contribution in [2.24, 2.45) is 5.92 Å². The van der Waals surface area contributed by atoms with Gasteiger partial charge >= 0.3 is 0 Å². The number of sulfonamides is 1. The summed E-state index contributed by atoms with van der Waals surface area (Å²) in [4.78, 5) is 14.1. The zero-order valence-corrected chi connectivity index (χ0v) is 16.8. The summed E-state index contributed by atoms with van der Waals surface area (Å²) < 4.78 is 27.0. The van der Waals surface area contributed by atoms with Crippen LogP contribution in [0.5, 0.6) is 0 Å². The molecule has 1 aromatic carbocycles. The van der Waals surface area contributed by atoms with Crippen LogP contribution >= 0.6 is 0 Å². The van der Waals surface area contributed by atoms with Crippen molar-refractivity contribution < 1.29 is 8.42 Å². The molecular formula is C19H24N6O2S. The number of fused-ring (bicyclic) bond motifs is 1. The van der Waals surface area contributed by atoms with Gasteiger partial charge < -0.3 is 15.2 Å². The SMILES string of the molecule is CNS(=O)(=O)c1ccc(N2CCC(C)CC2)c(Nc2ncnc3[nH]ccc23)c1. The van der Waals surface area contributed by atoms with Crippen molar-refractivity contribution in [2.75, 3.05) is 30.4 Å². The number of piperidine rings is 1. The predicted molar refractivity (Wildman–Crippen MR) is 110 cm³/mol. The average molecular weight is 401 g/mol. The van der Waals surface area contributed by atoms with Crippen LogP contribution in [0.2, 0.25) is 0 Å². The van der Waals surface area contributed by atoms with E-state index in [1.807, 2.05) is 12.1 Å². The Hall–Kier alpha value is -2.65. The number of hydrogen-bond donors (Lipinski definition) is 3. The Morgan fingerprint density at radius 2 is 1.96 bits per heavy atom. The first-order valence-electron chi connectivity index (χ1n) is 9.35. The second kappa shape index (κ2) is 7.40. The number of anilines is 3. The molecule has 1 fully saturated rings. The molecule has 8 nitrogen and oxygen atoms in total. The van der Waals surface area contributed by atoms with Gasteiger partial charge in [-0.15, -0.1) is 0 Å². The molecule has 1 aliphatic heterocycles. The van der Waals surface area contributed by atoms with Gasteiger partial charge in [0.15, 0.2) is 0 Å². The predicted octanol–water partition coefficient (Wildman–Crippen LogP) is 2.85. The molecule has 0 unspecified atom stereocenters. The van der Waals surface area contributed by atoms with Crippen molar-refractivity contribution in [3.63, 3.8) is 0 Å². The second-order valence-corrected chi connectivity index (χ2v) is 9.03. The molecule has 0 spiro atoms. The minimum absolute atomic E-state index is 0.214. The Morgan fingerprint density at radius 1 is 1.18 bits per heavy atom. The van der Waals surface area contributed by atoms with E-state index in [0.29, 0.717) is 17.4 Å². The monoisotopic (exact) mass is 400 g/mol. The summed E-state index contributed by atoms with van der Waals surface area (Å²) in [5.41, 5.74) is 2.42. The minimum atomic E-state index is -3.55. The van der Waals surface area contributed by atoms with Crippen molar-refractivity contribution in [2.45, 2.75) is 24.7 Å². The van der Waals surface area contributed by atoms with Gasteiger partial charge in [-0.05, 0) is 50.1 Å². The lowest BCUT2D eigenvalue weighted by atomic mass is 9.98. The highest BCUT2D eigenvalue weighted by atomic mass is 32.2. The molecule has 148 valence electrons. The highest BCUT2D eigenvalue weighted by Gasteiger charge is 2.21. The molecule has 0 bridgehead atoms. The first-order valence-corrected chi connectivity index (χ1v) is 10.8. The minimum Gasteiger partial charge on any atom is -0.370 e. The molecule has 1 aliphatic rings. The number of rotatable bonds is 5. The van der Waals surface area contributed by atoms with Gasteiger partial charge in [-0.25, -0.2) is 23.1 Å². The fraction of sp³-hybridized carbons (Fsp3) is 0.368. The van der Waals surface area contributed by atoms with Gasteiger partial charge in [0.25, 0.3) is 0 Å². The molecule has 0 amide bonds. The van der Waals surface area contributed by atoms with Gasteiger partial charge in [0, 0.05) is 19.3 Å². The number of aromatic nitrogens is 3. The quantitative estimate of drug-likeness (QED) is 0.609. The molecule has 9 heteroatoms. The maximum absolute atomic E-state index is 12.3. The zero-order chi connectivity index (χ0) is 19.7. The van der Waals surface area contributed by atoms with Crippen LogP contribution in [0.4, 0.5) is 17.2 Å². The number of hydrogen-bond acceptors (Lipinski definition) is 6. The van der Waals surface area contributed by atoms with E-state index in [0.717, 1.165) is 42.7 Å². The van der Waals surface area contributed by atoms with E-state index >= 15 is 0 Å². The summed E-state index contributed by atoms with van der Waals surface area (Å²) in [5.74, 6) is 1.34. The highest BCUT2D eigenvalue weighted by molar-refractivity contribution is 7.89. The van der Waals surface area contributed by atoms with Gasteiger partial charge in [-0.1, -0.05) is 6.92 Å². The van der Waals surface area contributed by atoms with Crippen LogP contribution in [-0.2, 0) is 10.0 Å². The van der Waals surface area contributed by atoms with E-state index < -0.39 is 10.0 Å². The van der Waals surface area contributed by atoms with Gasteiger partial charge in [0.1, 0.15) is 17.8 Å². The molecule has 0 saturated carbocycles. The lowest BCUT2D eigenvalue weighted by molar-refractivity contribution is 0.438. The highest BCUT2D eigenvalue weighted by Crippen LogP contribution is 2.34. The van der Waals surface area contributed by atoms with Crippen molar-refractivity contribution in [3.8, 4) is 0 Å². The van der Waals surface area contributed by atoms with Crippen LogP contribution in [-0.4, -0.2) is 43.5 Å². The van der Waals surface area contributed by atoms with Gasteiger partial charge in [0.05, 0.1) is 21.7 Å². The Kier molecular flexibility index (Phi) is 4.94. The maximum Gasteiger partial charge on any atom is 0.240 e. The normalized spacial score (nSPS) is 15.9. The average Bonchev–Trinajstić information content (AvgIpc) is 3.19. The molecule has 3 N–H and O–H groups in total. The first kappa shape index (κ1) is 18.7. The summed E-state index contributed by atoms with van der Waals surface area (Å²) >= 11 is 0. The largest absolute Gasteiger partial charge is 0.370 e. The van der Waals surface area contributed by atoms with Crippen LogP contribution < -0.4 is 14.9 Å². The standard InChI is InChI=1S/C19H24N6O2S/c1-13-6-9-25(10-7-13)17-4-3-14(28(26,27)20-2)11-16(17)24-19-15-5-8-21-18(15)22-12-23-19/h3-5,8,11-13,20H,6-7,9-10H2,1-2H3,(H2,21,22,23,24). The molecule has 1 saturated heterocycles. The molecule has 3 heterocycles. The lowest BCUT2D eigenvalue weighted by Crippen LogP contribution is -2.33. The third-order valence-corrected chi connectivity index (χ3v) is 6.69. The Balaban J connectivity index is 1.77. The number of aromatic amines is 1.